The van der Waals surface area contributed by atoms with E-state index in [1.54, 1.807) is 0 Å². The molecule has 9 aliphatic rings. The Morgan fingerprint density at radius 1 is 0.507 bits per heavy atom. The molecule has 0 saturated heterocycles. The molecule has 4 saturated carbocycles. The number of aryl methyl sites for hydroxylation is 4. The minimum Gasteiger partial charge on any atom is -0.507 e. The quantitative estimate of drug-likeness (QED) is 0.201. The lowest BCUT2D eigenvalue weighted by Crippen LogP contribution is -2.41. The van der Waals surface area contributed by atoms with Crippen LogP contribution in [0.25, 0.3) is 22.3 Å². The number of Topliss-reactive ketones (excluding diaryl/α,β-unsaturated/α-hetero) is 1. The monoisotopic (exact) mass is 971 g/mol. The Labute approximate surface area is 435 Å². The first kappa shape index (κ1) is 47.4. The van der Waals surface area contributed by atoms with E-state index in [4.69, 9.17) is 15.0 Å². The molecular weight excluding hydrogens is 893 g/mol. The lowest BCUT2D eigenvalue weighted by molar-refractivity contribution is -0.114. The molecule has 0 spiro atoms. The maximum atomic E-state index is 15.2. The zero-order valence-electron chi connectivity index (χ0n) is 45.1. The number of fused-ring (bicyclic) bond motifs is 12. The summed E-state index contributed by atoms with van der Waals surface area (Å²) in [5.74, 6) is 0.497. The SMILES string of the molecule is Cc1cc(-c2cc(C)c3c(c2)C2CCCCCC(C4=C(O)/C(=C5\CCCCCC6(C)C5=Nc5c(C)cc(-c7cc(C)c8c(c7)C7(C)CCCCCCC7=N8)cc56)C4=O)C2N3)cc2c1N=C1CCCCCCC12C. The average molecular weight is 971 g/mol. The lowest BCUT2D eigenvalue weighted by Gasteiger charge is -2.38. The molecule has 6 heteroatoms. The summed E-state index contributed by atoms with van der Waals surface area (Å²) in [6, 6.07) is 19.4. The molecule has 0 radical (unpaired) electrons. The Morgan fingerprint density at radius 2 is 0.959 bits per heavy atom. The van der Waals surface area contributed by atoms with Crippen LogP contribution < -0.4 is 5.32 Å². The molecule has 4 heterocycles. The van der Waals surface area contributed by atoms with Crippen molar-refractivity contribution in [2.24, 2.45) is 20.9 Å². The van der Waals surface area contributed by atoms with Crippen LogP contribution in [0.1, 0.15) is 212 Å². The number of anilines is 1. The molecule has 378 valence electrons. The van der Waals surface area contributed by atoms with Gasteiger partial charge < -0.3 is 10.4 Å². The number of nitrogens with zero attached hydrogens (tertiary/aromatic N) is 3. The fourth-order valence-corrected chi connectivity index (χ4v) is 16.3. The van der Waals surface area contributed by atoms with Crippen molar-refractivity contribution in [3.63, 3.8) is 0 Å². The summed E-state index contributed by atoms with van der Waals surface area (Å²) in [4.78, 5) is 31.5. The summed E-state index contributed by atoms with van der Waals surface area (Å²) in [5, 5.41) is 16.7. The topological polar surface area (TPSA) is 86.4 Å². The van der Waals surface area contributed by atoms with Crippen LogP contribution in [0.15, 0.2) is 86.0 Å². The molecule has 73 heavy (non-hydrogen) atoms. The largest absolute Gasteiger partial charge is 0.507 e. The van der Waals surface area contributed by atoms with E-state index in [2.05, 4.69) is 102 Å². The van der Waals surface area contributed by atoms with Gasteiger partial charge in [0.2, 0.25) is 0 Å². The van der Waals surface area contributed by atoms with Crippen LogP contribution in [0.2, 0.25) is 0 Å². The summed E-state index contributed by atoms with van der Waals surface area (Å²) < 4.78 is 0. The molecule has 4 aliphatic heterocycles. The van der Waals surface area contributed by atoms with Gasteiger partial charge in [0.25, 0.3) is 0 Å². The van der Waals surface area contributed by atoms with Crippen LogP contribution in [-0.4, -0.2) is 34.1 Å². The lowest BCUT2D eigenvalue weighted by atomic mass is 9.65. The molecule has 4 fully saturated rings. The van der Waals surface area contributed by atoms with Crippen LogP contribution in [0.4, 0.5) is 22.7 Å². The maximum absolute atomic E-state index is 15.2. The first-order chi connectivity index (χ1) is 35.3. The minimum absolute atomic E-state index is 0.00154. The Hall–Kier alpha value is -5.36. The first-order valence-corrected chi connectivity index (χ1v) is 29.1. The molecule has 6 atom stereocenters. The Morgan fingerprint density at radius 3 is 1.53 bits per heavy atom. The zero-order chi connectivity index (χ0) is 50.1. The molecule has 5 aliphatic carbocycles. The number of aliphatic hydroxyl groups is 1. The van der Waals surface area contributed by atoms with Gasteiger partial charge in [0, 0.05) is 56.8 Å². The molecule has 2 N–H and O–H groups in total. The summed E-state index contributed by atoms with van der Waals surface area (Å²) >= 11 is 0. The van der Waals surface area contributed by atoms with Crippen molar-refractivity contribution in [3.8, 4) is 22.3 Å². The third kappa shape index (κ3) is 7.27. The maximum Gasteiger partial charge on any atom is 0.197 e. The highest BCUT2D eigenvalue weighted by molar-refractivity contribution is 6.26. The number of allylic oxidation sites excluding steroid dienone is 2. The second-order valence-electron chi connectivity index (χ2n) is 25.3. The van der Waals surface area contributed by atoms with Crippen LogP contribution in [-0.2, 0) is 21.0 Å². The smallest absolute Gasteiger partial charge is 0.197 e. The van der Waals surface area contributed by atoms with Gasteiger partial charge >= 0.3 is 0 Å². The Kier molecular flexibility index (Phi) is 11.4. The number of aliphatic hydroxyl groups excluding tert-OH is 1. The molecular formula is C67H78N4O2. The van der Waals surface area contributed by atoms with Gasteiger partial charge in [-0.25, -0.2) is 0 Å². The fourth-order valence-electron chi connectivity index (χ4n) is 16.3. The van der Waals surface area contributed by atoms with Crippen LogP contribution in [0.3, 0.4) is 0 Å². The molecule has 0 amide bonds. The Bertz CT molecular complexity index is 3210. The molecule has 6 unspecified atom stereocenters. The van der Waals surface area contributed by atoms with Gasteiger partial charge in [-0.1, -0.05) is 84.5 Å². The van der Waals surface area contributed by atoms with Crippen LogP contribution in [0.5, 0.6) is 0 Å². The van der Waals surface area contributed by atoms with E-state index in [1.807, 2.05) is 0 Å². The number of aliphatic imine (C=N–C) groups is 3. The summed E-state index contributed by atoms with van der Waals surface area (Å²) in [6.07, 6.45) is 25.0. The standard InChI is InChI=1S/C67H78N4O2/c1-38-30-42(43-31-39(2)58-50(35-43)65(5)27-19-10-8-17-25-53(65)68-58)34-49-46-22-14-12-15-23-47(61(46)70-57(38)49)55-62(72)56(63(55)73)48-24-16-13-21-29-67(7)52-37-45(33-41(4)60(52)71-64(48)67)44-32-40(3)59-51(36-44)66(6)28-20-11-9-18-26-54(66)69-59/h30-37,46-47,61,70,72H,8-29H2,1-7H3/b56-48-. The number of hydrogen-bond acceptors (Lipinski definition) is 6. The van der Waals surface area contributed by atoms with Crippen molar-refractivity contribution < 1.29 is 9.90 Å². The highest BCUT2D eigenvalue weighted by atomic mass is 16.3. The summed E-state index contributed by atoms with van der Waals surface area (Å²) in [5.41, 5.74) is 25.9. The van der Waals surface area contributed by atoms with Crippen molar-refractivity contribution in [1.29, 1.82) is 0 Å². The van der Waals surface area contributed by atoms with E-state index in [1.165, 1.54) is 166 Å². The van der Waals surface area contributed by atoms with Gasteiger partial charge in [-0.05, 0) is 226 Å². The van der Waals surface area contributed by atoms with E-state index in [0.29, 0.717) is 11.1 Å². The van der Waals surface area contributed by atoms with Crippen molar-refractivity contribution in [3.05, 3.63) is 116 Å². The zero-order valence-corrected chi connectivity index (χ0v) is 45.1. The molecule has 4 aromatic carbocycles. The summed E-state index contributed by atoms with van der Waals surface area (Å²) in [6.45, 7) is 16.3. The van der Waals surface area contributed by atoms with Gasteiger partial charge in [0.1, 0.15) is 5.76 Å². The number of ketones is 1. The number of carbonyl (C=O) groups excluding carboxylic acids is 1. The first-order valence-electron chi connectivity index (χ1n) is 29.1. The van der Waals surface area contributed by atoms with Crippen LogP contribution >= 0.6 is 0 Å². The molecule has 0 bridgehead atoms. The number of rotatable bonds is 3. The highest BCUT2D eigenvalue weighted by Gasteiger charge is 2.51. The predicted molar refractivity (Wildman–Crippen MR) is 303 cm³/mol. The number of nitrogens with one attached hydrogen (secondary N) is 1. The van der Waals surface area contributed by atoms with E-state index < -0.39 is 0 Å². The van der Waals surface area contributed by atoms with Gasteiger partial charge in [-0.15, -0.1) is 0 Å². The average Bonchev–Trinajstić information content (AvgIpc) is 4.03. The molecule has 13 rings (SSSR count). The number of benzene rings is 4. The second-order valence-corrected chi connectivity index (χ2v) is 25.3. The second kappa shape index (κ2) is 17.6. The molecule has 6 nitrogen and oxygen atoms in total. The Balaban J connectivity index is 0.829. The summed E-state index contributed by atoms with van der Waals surface area (Å²) in [7, 11) is 0. The van der Waals surface area contributed by atoms with E-state index in [0.717, 1.165) is 87.6 Å². The molecule has 0 aromatic heterocycles. The predicted octanol–water partition coefficient (Wildman–Crippen LogP) is 17.8. The van der Waals surface area contributed by atoms with Gasteiger partial charge in [-0.3, -0.25) is 19.8 Å². The van der Waals surface area contributed by atoms with Crippen molar-refractivity contribution in [2.45, 2.75) is 218 Å². The highest BCUT2D eigenvalue weighted by Crippen LogP contribution is 2.57. The van der Waals surface area contributed by atoms with Crippen molar-refractivity contribution >= 4 is 45.7 Å². The molecule has 4 aromatic rings. The van der Waals surface area contributed by atoms with Gasteiger partial charge in [-0.2, -0.15) is 0 Å². The van der Waals surface area contributed by atoms with Crippen LogP contribution in [0, 0.1) is 33.6 Å². The van der Waals surface area contributed by atoms with Gasteiger partial charge in [0.15, 0.2) is 5.78 Å². The number of carbonyl (C=O) groups is 1. The third-order valence-corrected chi connectivity index (χ3v) is 20.5. The van der Waals surface area contributed by atoms with Gasteiger partial charge in [0.05, 0.1) is 28.3 Å². The fraction of sp³-hybridized carbons (Fsp3) is 0.522. The van der Waals surface area contributed by atoms with E-state index in [-0.39, 0.29) is 45.7 Å². The number of hydrogen-bond donors (Lipinski definition) is 2. The van der Waals surface area contributed by atoms with Crippen molar-refractivity contribution in [1.82, 2.24) is 0 Å². The minimum atomic E-state index is -0.364. The van der Waals surface area contributed by atoms with E-state index >= 15 is 4.79 Å². The van der Waals surface area contributed by atoms with Crippen molar-refractivity contribution in [2.75, 3.05) is 5.32 Å². The normalized spacial score (nSPS) is 30.5. The third-order valence-electron chi connectivity index (χ3n) is 20.5. The van der Waals surface area contributed by atoms with E-state index in [9.17, 15) is 5.11 Å².